The Labute approximate surface area is 390 Å². The third kappa shape index (κ3) is 14.6. The van der Waals surface area contributed by atoms with Gasteiger partial charge >= 0.3 is 5.97 Å². The summed E-state index contributed by atoms with van der Waals surface area (Å²) in [7, 11) is 0. The molecule has 2 aromatic heterocycles. The lowest BCUT2D eigenvalue weighted by Crippen LogP contribution is -2.71. The number of unbranched alkanes of at least 4 members (excludes halogenated alkanes) is 2. The highest BCUT2D eigenvalue weighted by atomic mass is 32.2. The number of fused-ring (bicyclic) bond motifs is 1. The number of hydrogen-bond donors (Lipinski definition) is 4. The van der Waals surface area contributed by atoms with Gasteiger partial charge in [-0.15, -0.1) is 0 Å². The number of aliphatic carboxylic acids is 1. The Morgan fingerprint density at radius 1 is 0.836 bits per heavy atom. The molecular formula is C49H48N6O11S. The minimum atomic E-state index is -1.12. The fourth-order valence-corrected chi connectivity index (χ4v) is 7.29. The number of carbonyl (C=O) groups excluding carboxylic acids is 2. The van der Waals surface area contributed by atoms with Crippen molar-refractivity contribution in [3.05, 3.63) is 144 Å². The Kier molecular flexibility index (Phi) is 17.6. The molecule has 18 heteroatoms. The number of hydrogen-bond acceptors (Lipinski definition) is 14. The summed E-state index contributed by atoms with van der Waals surface area (Å²) >= 11 is 0.773. The summed E-state index contributed by atoms with van der Waals surface area (Å²) in [5.41, 5.74) is 6.95. The van der Waals surface area contributed by atoms with Gasteiger partial charge in [-0.05, 0) is 84.8 Å². The zero-order valence-corrected chi connectivity index (χ0v) is 37.0. The Morgan fingerprint density at radius 2 is 1.64 bits per heavy atom. The van der Waals surface area contributed by atoms with Crippen molar-refractivity contribution >= 4 is 41.9 Å². The second-order valence-electron chi connectivity index (χ2n) is 15.1. The zero-order valence-electron chi connectivity index (χ0n) is 36.2. The molecule has 3 heterocycles. The molecule has 0 radical (unpaired) electrons. The highest BCUT2D eigenvalue weighted by Gasteiger charge is 2.21. The van der Waals surface area contributed by atoms with E-state index < -0.39 is 12.0 Å². The maximum atomic E-state index is 12.8. The van der Waals surface area contributed by atoms with Crippen LogP contribution < -0.4 is 40.3 Å². The van der Waals surface area contributed by atoms with Crippen LogP contribution in [0.5, 0.6) is 23.1 Å². The molecule has 1 aliphatic rings. The summed E-state index contributed by atoms with van der Waals surface area (Å²) in [4.78, 5) is 47.2. The normalized spacial score (nSPS) is 12.1. The van der Waals surface area contributed by atoms with Gasteiger partial charge in [0.15, 0.2) is 11.5 Å². The van der Waals surface area contributed by atoms with E-state index >= 15 is 0 Å². The Bertz CT molecular complexity index is 2600. The first-order valence-corrected chi connectivity index (χ1v) is 22.2. The maximum Gasteiger partial charge on any atom is 0.326 e. The van der Waals surface area contributed by atoms with Crippen molar-refractivity contribution in [1.82, 2.24) is 20.6 Å². The van der Waals surface area contributed by atoms with Crippen LogP contribution in [0.1, 0.15) is 53.6 Å². The van der Waals surface area contributed by atoms with Crippen LogP contribution in [-0.4, -0.2) is 71.7 Å². The molecule has 0 saturated heterocycles. The topological polar surface area (TPSA) is 229 Å². The minimum absolute atomic E-state index is 0.107. The van der Waals surface area contributed by atoms with Gasteiger partial charge in [0.1, 0.15) is 11.8 Å². The van der Waals surface area contributed by atoms with E-state index in [4.69, 9.17) is 23.9 Å². The number of carboxylic acids is 1. The number of aromatic nitrogens is 2. The molecule has 0 fully saturated rings. The van der Waals surface area contributed by atoms with E-state index in [1.165, 1.54) is 11.6 Å². The number of nitrogens with zero attached hydrogens (tertiary/aromatic N) is 3. The number of benzene rings is 4. The Hall–Kier alpha value is -7.35. The van der Waals surface area contributed by atoms with Crippen LogP contribution in [-0.2, 0) is 25.4 Å². The SMILES string of the molecule is O=C(CCCCCOc1cc(-c2ccc3c(c2)OCO3)cc(-c2ccccc2)n1)NC(Cc1ccc(OCCCNC(=O)c2ccc([NH2+]/N=C/c3ccccc3SOO[O-])nc2)cc1)C(=O)O. The summed E-state index contributed by atoms with van der Waals surface area (Å²) in [5.74, 6) is 1.27. The van der Waals surface area contributed by atoms with Gasteiger partial charge in [0.05, 0.1) is 42.7 Å². The summed E-state index contributed by atoms with van der Waals surface area (Å²) < 4.78 is 27.4. The second kappa shape index (κ2) is 24.8. The van der Waals surface area contributed by atoms with Crippen molar-refractivity contribution in [2.75, 3.05) is 26.6 Å². The van der Waals surface area contributed by atoms with Gasteiger partial charge in [-0.1, -0.05) is 71.8 Å². The van der Waals surface area contributed by atoms with Crippen molar-refractivity contribution in [3.63, 3.8) is 0 Å². The summed E-state index contributed by atoms with van der Waals surface area (Å²) in [6, 6.07) is 36.0. The summed E-state index contributed by atoms with van der Waals surface area (Å²) in [6.45, 7) is 1.29. The largest absolute Gasteiger partial charge is 0.691 e. The van der Waals surface area contributed by atoms with Crippen molar-refractivity contribution in [2.24, 2.45) is 5.10 Å². The quantitative estimate of drug-likeness (QED) is 0.0130. The van der Waals surface area contributed by atoms with Crippen molar-refractivity contribution in [2.45, 2.75) is 49.5 Å². The van der Waals surface area contributed by atoms with Gasteiger partial charge in [-0.25, -0.2) is 14.8 Å². The molecule has 7 rings (SSSR count). The molecular weight excluding hydrogens is 881 g/mol. The number of carboxylic acid groups (broad SMARTS) is 1. The van der Waals surface area contributed by atoms with Gasteiger partial charge in [-0.2, -0.15) is 9.76 Å². The molecule has 0 saturated carbocycles. The highest BCUT2D eigenvalue weighted by molar-refractivity contribution is 7.94. The predicted octanol–water partition coefficient (Wildman–Crippen LogP) is 5.95. The first-order valence-electron chi connectivity index (χ1n) is 21.5. The molecule has 0 bridgehead atoms. The van der Waals surface area contributed by atoms with Crippen LogP contribution in [0.3, 0.4) is 0 Å². The van der Waals surface area contributed by atoms with Gasteiger partial charge in [-0.3, -0.25) is 14.6 Å². The van der Waals surface area contributed by atoms with E-state index in [0.29, 0.717) is 90.4 Å². The van der Waals surface area contributed by atoms with Crippen LogP contribution in [0.25, 0.3) is 22.4 Å². The van der Waals surface area contributed by atoms with E-state index in [9.17, 15) is 24.7 Å². The number of carbonyl (C=O) groups is 3. The molecule has 17 nitrogen and oxygen atoms in total. The third-order valence-corrected chi connectivity index (χ3v) is 11.0. The zero-order chi connectivity index (χ0) is 46.6. The van der Waals surface area contributed by atoms with Gasteiger partial charge in [0, 0.05) is 53.7 Å². The average molecular weight is 929 g/mol. The molecule has 0 aliphatic carbocycles. The lowest BCUT2D eigenvalue weighted by molar-refractivity contribution is -0.777. The van der Waals surface area contributed by atoms with E-state index in [1.54, 1.807) is 60.8 Å². The molecule has 346 valence electrons. The molecule has 0 spiro atoms. The minimum Gasteiger partial charge on any atom is -0.691 e. The first-order chi connectivity index (χ1) is 32.8. The number of nitrogens with two attached hydrogens (primary N) is 1. The lowest BCUT2D eigenvalue weighted by atomic mass is 10.0. The third-order valence-electron chi connectivity index (χ3n) is 10.3. The van der Waals surface area contributed by atoms with E-state index in [2.05, 4.69) is 30.1 Å². The standard InChI is InChI=1S/C49H48N6O11S/c56-46(14-5-2-8-24-62-47-29-38(27-40(54-47)34-10-3-1-4-11-34)35-17-21-42-43(28-35)64-32-63-42)53-41(49(58)59)26-33-15-19-39(20-16-33)61-25-9-23-50-48(57)37-18-22-45(51-30-37)55-52-31-36-12-6-7-13-44(36)67-66-65-60/h1,3-4,6-7,10-13,15-22,27-31,41,60H,2,5,8-9,14,23-26,32H2,(H,50,57)(H,51,55)(H,53,56)(H,58,59)/b52-31+. The maximum absolute atomic E-state index is 12.8. The predicted molar refractivity (Wildman–Crippen MR) is 245 cm³/mol. The molecule has 2 amide bonds. The molecule has 4 aromatic carbocycles. The molecule has 6 aromatic rings. The van der Waals surface area contributed by atoms with Crippen LogP contribution in [0.2, 0.25) is 0 Å². The number of nitrogens with one attached hydrogen (secondary N) is 2. The van der Waals surface area contributed by atoms with Crippen LogP contribution in [0.4, 0.5) is 5.82 Å². The Morgan fingerprint density at radius 3 is 2.45 bits per heavy atom. The van der Waals surface area contributed by atoms with Crippen molar-refractivity contribution in [1.29, 1.82) is 0 Å². The number of rotatable bonds is 25. The van der Waals surface area contributed by atoms with Crippen LogP contribution >= 0.6 is 12.0 Å². The number of quaternary nitrogens is 1. The average Bonchev–Trinajstić information content (AvgIpc) is 3.84. The van der Waals surface area contributed by atoms with Gasteiger partial charge < -0.3 is 39.9 Å². The second-order valence-corrected chi connectivity index (χ2v) is 15.8. The fraction of sp³-hybridized carbons (Fsp3) is 0.224. The van der Waals surface area contributed by atoms with Gasteiger partial charge in [0.25, 0.3) is 11.7 Å². The van der Waals surface area contributed by atoms with E-state index in [0.717, 1.165) is 40.0 Å². The van der Waals surface area contributed by atoms with Crippen LogP contribution in [0, 0.1) is 0 Å². The molecule has 1 aliphatic heterocycles. The molecule has 5 N–H and O–H groups in total. The van der Waals surface area contributed by atoms with E-state index in [1.807, 2.05) is 66.7 Å². The first kappa shape index (κ1) is 47.6. The number of amides is 2. The fourth-order valence-electron chi connectivity index (χ4n) is 6.83. The van der Waals surface area contributed by atoms with E-state index in [-0.39, 0.29) is 31.4 Å². The number of pyridine rings is 2. The summed E-state index contributed by atoms with van der Waals surface area (Å²) in [6.07, 6.45) is 5.81. The molecule has 1 unspecified atom stereocenters. The van der Waals surface area contributed by atoms with Crippen molar-refractivity contribution in [3.8, 4) is 45.5 Å². The van der Waals surface area contributed by atoms with Crippen molar-refractivity contribution < 1.29 is 58.5 Å². The smallest absolute Gasteiger partial charge is 0.326 e. The monoisotopic (exact) mass is 928 g/mol. The Balaban J connectivity index is 0.776. The summed E-state index contributed by atoms with van der Waals surface area (Å²) in [5, 5.41) is 33.2. The molecule has 67 heavy (non-hydrogen) atoms. The molecule has 1 atom stereocenters. The van der Waals surface area contributed by atoms with Crippen LogP contribution in [0.15, 0.2) is 138 Å². The number of ether oxygens (including phenoxy) is 4. The van der Waals surface area contributed by atoms with Gasteiger partial charge in [0.2, 0.25) is 18.6 Å². The highest BCUT2D eigenvalue weighted by Crippen LogP contribution is 2.37. The lowest BCUT2D eigenvalue weighted by Gasteiger charge is -2.15.